The molecular formula is C17H21NO2S. The Bertz CT molecular complexity index is 582. The standard InChI is InChI=1S/C17H21NO2S/c1-17(2,3)13-8-6-12(7-9-13)16(20)18-11-14(19)15-5-4-10-21-15/h4-10,14,19H,11H2,1-3H3,(H,18,20)/t14-/m0/s1. The summed E-state index contributed by atoms with van der Waals surface area (Å²) in [7, 11) is 0. The van der Waals surface area contributed by atoms with Gasteiger partial charge in [0.1, 0.15) is 6.10 Å². The van der Waals surface area contributed by atoms with Crippen molar-refractivity contribution in [3.05, 3.63) is 57.8 Å². The predicted octanol–water partition coefficient (Wildman–Crippen LogP) is 3.51. The molecule has 2 aromatic rings. The molecule has 0 saturated heterocycles. The molecule has 0 bridgehead atoms. The highest BCUT2D eigenvalue weighted by molar-refractivity contribution is 7.10. The van der Waals surface area contributed by atoms with Crippen molar-refractivity contribution in [1.82, 2.24) is 5.32 Å². The lowest BCUT2D eigenvalue weighted by Gasteiger charge is -2.19. The highest BCUT2D eigenvalue weighted by Gasteiger charge is 2.15. The van der Waals surface area contributed by atoms with E-state index < -0.39 is 6.10 Å². The smallest absolute Gasteiger partial charge is 0.251 e. The molecule has 0 fully saturated rings. The van der Waals surface area contributed by atoms with Crippen molar-refractivity contribution in [3.63, 3.8) is 0 Å². The highest BCUT2D eigenvalue weighted by Crippen LogP contribution is 2.22. The topological polar surface area (TPSA) is 49.3 Å². The fraction of sp³-hybridized carbons (Fsp3) is 0.353. The zero-order valence-electron chi connectivity index (χ0n) is 12.6. The van der Waals surface area contributed by atoms with Crippen molar-refractivity contribution in [2.45, 2.75) is 32.3 Å². The molecular weight excluding hydrogens is 282 g/mol. The van der Waals surface area contributed by atoms with Crippen LogP contribution in [0.2, 0.25) is 0 Å². The van der Waals surface area contributed by atoms with Crippen LogP contribution in [0.15, 0.2) is 41.8 Å². The van der Waals surface area contributed by atoms with Gasteiger partial charge in [0, 0.05) is 17.0 Å². The first-order valence-electron chi connectivity index (χ1n) is 6.98. The van der Waals surface area contributed by atoms with Gasteiger partial charge in [-0.15, -0.1) is 11.3 Å². The number of aliphatic hydroxyl groups excluding tert-OH is 1. The summed E-state index contributed by atoms with van der Waals surface area (Å²) in [5.41, 5.74) is 1.88. The molecule has 2 N–H and O–H groups in total. The van der Waals surface area contributed by atoms with Crippen LogP contribution in [-0.4, -0.2) is 17.6 Å². The Morgan fingerprint density at radius 1 is 1.24 bits per heavy atom. The largest absolute Gasteiger partial charge is 0.386 e. The molecule has 112 valence electrons. The minimum atomic E-state index is -0.650. The molecule has 4 heteroatoms. The predicted molar refractivity (Wildman–Crippen MR) is 86.8 cm³/mol. The van der Waals surface area contributed by atoms with Gasteiger partial charge >= 0.3 is 0 Å². The van der Waals surface area contributed by atoms with E-state index in [-0.39, 0.29) is 17.9 Å². The van der Waals surface area contributed by atoms with E-state index in [1.807, 2.05) is 41.8 Å². The van der Waals surface area contributed by atoms with Crippen molar-refractivity contribution in [3.8, 4) is 0 Å². The molecule has 1 aromatic heterocycles. The van der Waals surface area contributed by atoms with Crippen molar-refractivity contribution in [2.24, 2.45) is 0 Å². The van der Waals surface area contributed by atoms with Gasteiger partial charge in [0.05, 0.1) is 0 Å². The molecule has 3 nitrogen and oxygen atoms in total. The van der Waals surface area contributed by atoms with Crippen LogP contribution in [0, 0.1) is 0 Å². The minimum absolute atomic E-state index is 0.0738. The Labute approximate surface area is 129 Å². The Morgan fingerprint density at radius 2 is 1.90 bits per heavy atom. The van der Waals surface area contributed by atoms with Crippen molar-refractivity contribution in [2.75, 3.05) is 6.54 Å². The van der Waals surface area contributed by atoms with Gasteiger partial charge in [-0.2, -0.15) is 0 Å². The number of rotatable bonds is 4. The van der Waals surface area contributed by atoms with Gasteiger partial charge < -0.3 is 10.4 Å². The van der Waals surface area contributed by atoms with Gasteiger partial charge in [-0.3, -0.25) is 4.79 Å². The van der Waals surface area contributed by atoms with Crippen LogP contribution < -0.4 is 5.32 Å². The van der Waals surface area contributed by atoms with E-state index in [9.17, 15) is 9.90 Å². The highest BCUT2D eigenvalue weighted by atomic mass is 32.1. The zero-order chi connectivity index (χ0) is 15.5. The van der Waals surface area contributed by atoms with Gasteiger partial charge in [-0.05, 0) is 34.6 Å². The van der Waals surface area contributed by atoms with Crippen molar-refractivity contribution < 1.29 is 9.90 Å². The Kier molecular flexibility index (Phi) is 4.80. The molecule has 1 amide bonds. The second-order valence-electron chi connectivity index (χ2n) is 6.07. The first kappa shape index (κ1) is 15.7. The number of hydrogen-bond donors (Lipinski definition) is 2. The summed E-state index contributed by atoms with van der Waals surface area (Å²) >= 11 is 1.48. The van der Waals surface area contributed by atoms with Gasteiger partial charge in [0.15, 0.2) is 0 Å². The van der Waals surface area contributed by atoms with Crippen LogP contribution in [0.4, 0.5) is 0 Å². The number of aliphatic hydroxyl groups is 1. The van der Waals surface area contributed by atoms with E-state index in [1.54, 1.807) is 0 Å². The quantitative estimate of drug-likeness (QED) is 0.908. The van der Waals surface area contributed by atoms with Gasteiger partial charge in [-0.25, -0.2) is 0 Å². The number of nitrogens with one attached hydrogen (secondary N) is 1. The Balaban J connectivity index is 1.94. The number of thiophene rings is 1. The Hall–Kier alpha value is -1.65. The van der Waals surface area contributed by atoms with Crippen LogP contribution >= 0.6 is 11.3 Å². The SMILES string of the molecule is CC(C)(C)c1ccc(C(=O)NC[C@H](O)c2cccs2)cc1. The number of benzene rings is 1. The van der Waals surface area contributed by atoms with Crippen LogP contribution in [0.1, 0.15) is 47.7 Å². The molecule has 1 atom stereocenters. The lowest BCUT2D eigenvalue weighted by molar-refractivity contribution is 0.0918. The summed E-state index contributed by atoms with van der Waals surface area (Å²) in [6.45, 7) is 6.64. The monoisotopic (exact) mass is 303 g/mol. The third-order valence-corrected chi connectivity index (χ3v) is 4.31. The zero-order valence-corrected chi connectivity index (χ0v) is 13.4. The van der Waals surface area contributed by atoms with Crippen LogP contribution in [0.3, 0.4) is 0 Å². The van der Waals surface area contributed by atoms with E-state index in [1.165, 1.54) is 16.9 Å². The molecule has 0 unspecified atom stereocenters. The summed E-state index contributed by atoms with van der Waals surface area (Å²) < 4.78 is 0. The van der Waals surface area contributed by atoms with Gasteiger partial charge in [-0.1, -0.05) is 39.0 Å². The van der Waals surface area contributed by atoms with Crippen molar-refractivity contribution >= 4 is 17.2 Å². The minimum Gasteiger partial charge on any atom is -0.386 e. The maximum Gasteiger partial charge on any atom is 0.251 e. The summed E-state index contributed by atoms with van der Waals surface area (Å²) in [4.78, 5) is 12.9. The fourth-order valence-corrected chi connectivity index (χ4v) is 2.71. The van der Waals surface area contributed by atoms with Crippen LogP contribution in [0.5, 0.6) is 0 Å². The summed E-state index contributed by atoms with van der Waals surface area (Å²) in [6, 6.07) is 11.4. The van der Waals surface area contributed by atoms with E-state index in [4.69, 9.17) is 0 Å². The average molecular weight is 303 g/mol. The summed E-state index contributed by atoms with van der Waals surface area (Å²) in [5.74, 6) is -0.161. The van der Waals surface area contributed by atoms with E-state index in [0.29, 0.717) is 5.56 Å². The maximum atomic E-state index is 12.1. The second kappa shape index (κ2) is 6.41. The van der Waals surface area contributed by atoms with Crippen LogP contribution in [-0.2, 0) is 5.41 Å². The number of carbonyl (C=O) groups is 1. The Morgan fingerprint density at radius 3 is 2.43 bits per heavy atom. The van der Waals surface area contributed by atoms with E-state index >= 15 is 0 Å². The summed E-state index contributed by atoms with van der Waals surface area (Å²) in [6.07, 6.45) is -0.650. The van der Waals surface area contributed by atoms with Gasteiger partial charge in [0.25, 0.3) is 5.91 Å². The molecule has 0 aliphatic carbocycles. The molecule has 0 radical (unpaired) electrons. The van der Waals surface area contributed by atoms with Gasteiger partial charge in [0.2, 0.25) is 0 Å². The molecule has 0 saturated carbocycles. The first-order chi connectivity index (χ1) is 9.88. The lowest BCUT2D eigenvalue weighted by atomic mass is 9.87. The molecule has 2 rings (SSSR count). The average Bonchev–Trinajstić information content (AvgIpc) is 2.98. The van der Waals surface area contributed by atoms with E-state index in [2.05, 4.69) is 26.1 Å². The third kappa shape index (κ3) is 4.16. The number of amides is 1. The molecule has 21 heavy (non-hydrogen) atoms. The third-order valence-electron chi connectivity index (χ3n) is 3.34. The second-order valence-corrected chi connectivity index (χ2v) is 7.05. The molecule has 0 spiro atoms. The maximum absolute atomic E-state index is 12.1. The number of hydrogen-bond acceptors (Lipinski definition) is 3. The normalized spacial score (nSPS) is 13.0. The summed E-state index contributed by atoms with van der Waals surface area (Å²) in [5, 5.41) is 14.6. The molecule has 0 aliphatic heterocycles. The van der Waals surface area contributed by atoms with E-state index in [0.717, 1.165) is 4.88 Å². The fourth-order valence-electron chi connectivity index (χ4n) is 1.99. The number of carbonyl (C=O) groups excluding carboxylic acids is 1. The molecule has 1 heterocycles. The lowest BCUT2D eigenvalue weighted by Crippen LogP contribution is -2.28. The molecule has 0 aliphatic rings. The first-order valence-corrected chi connectivity index (χ1v) is 7.86. The molecule has 1 aromatic carbocycles. The van der Waals surface area contributed by atoms with Crippen molar-refractivity contribution in [1.29, 1.82) is 0 Å². The van der Waals surface area contributed by atoms with Crippen LogP contribution in [0.25, 0.3) is 0 Å².